The predicted molar refractivity (Wildman–Crippen MR) is 125 cm³/mol. The van der Waals surface area contributed by atoms with E-state index in [9.17, 15) is 4.79 Å². The van der Waals surface area contributed by atoms with Crippen LogP contribution in [0.3, 0.4) is 0 Å². The van der Waals surface area contributed by atoms with Crippen LogP contribution in [0.15, 0.2) is 71.6 Å². The largest absolute Gasteiger partial charge is 0.325 e. The minimum atomic E-state index is -0.219. The lowest BCUT2D eigenvalue weighted by Gasteiger charge is -2.12. The molecular weight excluding hydrogens is 420 g/mol. The number of nitrogens with zero attached hydrogens (tertiary/aromatic N) is 1. The molecule has 6 heteroatoms. The normalized spacial score (nSPS) is 12.1. The third-order valence-electron chi connectivity index (χ3n) is 4.44. The van der Waals surface area contributed by atoms with Crippen molar-refractivity contribution in [2.24, 2.45) is 0 Å². The zero-order chi connectivity index (χ0) is 20.4. The summed E-state index contributed by atoms with van der Waals surface area (Å²) in [4.78, 5) is 18.2. The van der Waals surface area contributed by atoms with Gasteiger partial charge in [-0.2, -0.15) is 0 Å². The van der Waals surface area contributed by atoms with Gasteiger partial charge >= 0.3 is 0 Å². The molecule has 0 saturated carbocycles. The number of rotatable bonds is 5. The van der Waals surface area contributed by atoms with Gasteiger partial charge in [-0.1, -0.05) is 17.7 Å². The first-order chi connectivity index (χ1) is 14.0. The maximum absolute atomic E-state index is 12.5. The lowest BCUT2D eigenvalue weighted by atomic mass is 10.2. The molecule has 4 rings (SSSR count). The molecule has 0 unspecified atom stereocenters. The maximum Gasteiger partial charge on any atom is 0.237 e. The van der Waals surface area contributed by atoms with Crippen LogP contribution in [0, 0.1) is 6.92 Å². The van der Waals surface area contributed by atoms with Crippen LogP contribution < -0.4 is 5.32 Å². The molecule has 0 aliphatic heterocycles. The fraction of sp³-hybridized carbons (Fsp3) is 0.130. The van der Waals surface area contributed by atoms with E-state index in [0.29, 0.717) is 5.02 Å². The lowest BCUT2D eigenvalue weighted by Crippen LogP contribution is -2.22. The number of amides is 1. The first-order valence-electron chi connectivity index (χ1n) is 9.19. The number of hydrogen-bond donors (Lipinski definition) is 1. The number of aryl methyl sites for hydroxylation is 1. The molecule has 0 spiro atoms. The number of thioether (sulfide) groups is 1. The second-order valence-electron chi connectivity index (χ2n) is 6.77. The van der Waals surface area contributed by atoms with Crippen LogP contribution in [-0.4, -0.2) is 16.1 Å². The van der Waals surface area contributed by atoms with Crippen molar-refractivity contribution in [1.82, 2.24) is 4.98 Å². The van der Waals surface area contributed by atoms with E-state index in [1.807, 2.05) is 55.5 Å². The molecule has 3 nitrogen and oxygen atoms in total. The molecule has 146 valence electrons. The molecule has 1 heterocycles. The van der Waals surface area contributed by atoms with Gasteiger partial charge < -0.3 is 5.32 Å². The number of carbonyl (C=O) groups is 1. The Hall–Kier alpha value is -2.34. The van der Waals surface area contributed by atoms with Crippen molar-refractivity contribution in [2.75, 3.05) is 5.32 Å². The third kappa shape index (κ3) is 4.81. The van der Waals surface area contributed by atoms with Gasteiger partial charge in [-0.15, -0.1) is 23.1 Å². The lowest BCUT2D eigenvalue weighted by molar-refractivity contribution is -0.115. The summed E-state index contributed by atoms with van der Waals surface area (Å²) < 4.78 is 1.19. The van der Waals surface area contributed by atoms with Crippen LogP contribution in [0.2, 0.25) is 5.02 Å². The maximum atomic E-state index is 12.5. The van der Waals surface area contributed by atoms with Crippen molar-refractivity contribution in [3.8, 4) is 10.6 Å². The summed E-state index contributed by atoms with van der Waals surface area (Å²) in [5.74, 6) is -0.0341. The summed E-state index contributed by atoms with van der Waals surface area (Å²) in [7, 11) is 0. The highest BCUT2D eigenvalue weighted by Gasteiger charge is 2.15. The molecule has 4 aromatic rings. The standard InChI is InChI=1S/C23H19ClN2OS2/c1-14-3-12-20-21(13-14)29-23(26-20)16-4-8-18(9-5-16)25-22(27)15(2)28-19-10-6-17(24)7-11-19/h3-13,15H,1-2H3,(H,25,27)/t15-/m1/s1. The van der Waals surface area contributed by atoms with Crippen molar-refractivity contribution < 1.29 is 4.79 Å². The highest BCUT2D eigenvalue weighted by molar-refractivity contribution is 8.00. The van der Waals surface area contributed by atoms with Gasteiger partial charge in [0.2, 0.25) is 5.91 Å². The molecule has 0 aliphatic carbocycles. The van der Waals surface area contributed by atoms with Crippen molar-refractivity contribution >= 4 is 56.5 Å². The fourth-order valence-electron chi connectivity index (χ4n) is 2.87. The van der Waals surface area contributed by atoms with Crippen LogP contribution in [-0.2, 0) is 4.79 Å². The van der Waals surface area contributed by atoms with Gasteiger partial charge in [0.25, 0.3) is 0 Å². The highest BCUT2D eigenvalue weighted by Crippen LogP contribution is 2.31. The number of aromatic nitrogens is 1. The van der Waals surface area contributed by atoms with Crippen molar-refractivity contribution in [2.45, 2.75) is 24.0 Å². The van der Waals surface area contributed by atoms with Gasteiger partial charge in [0.1, 0.15) is 5.01 Å². The topological polar surface area (TPSA) is 42.0 Å². The molecule has 0 radical (unpaired) electrons. The van der Waals surface area contributed by atoms with Crippen molar-refractivity contribution in [3.05, 3.63) is 77.3 Å². The van der Waals surface area contributed by atoms with Gasteiger partial charge in [0, 0.05) is 21.2 Å². The molecule has 1 amide bonds. The minimum absolute atomic E-state index is 0.0341. The molecule has 3 aromatic carbocycles. The first kappa shape index (κ1) is 20.0. The number of carbonyl (C=O) groups excluding carboxylic acids is 1. The number of halogens is 1. The Balaban J connectivity index is 1.43. The molecule has 0 aliphatic rings. The molecule has 0 fully saturated rings. The van der Waals surface area contributed by atoms with E-state index in [2.05, 4.69) is 30.4 Å². The molecular formula is C23H19ClN2OS2. The molecule has 1 N–H and O–H groups in total. The van der Waals surface area contributed by atoms with Crippen LogP contribution in [0.4, 0.5) is 5.69 Å². The molecule has 1 atom stereocenters. The summed E-state index contributed by atoms with van der Waals surface area (Å²) in [5, 5.41) is 4.44. The average molecular weight is 439 g/mol. The van der Waals surface area contributed by atoms with E-state index in [0.717, 1.165) is 26.7 Å². The van der Waals surface area contributed by atoms with E-state index in [1.54, 1.807) is 11.3 Å². The van der Waals surface area contributed by atoms with Gasteiger partial charge in [-0.3, -0.25) is 4.79 Å². The van der Waals surface area contributed by atoms with Crippen molar-refractivity contribution in [1.29, 1.82) is 0 Å². The monoisotopic (exact) mass is 438 g/mol. The summed E-state index contributed by atoms with van der Waals surface area (Å²) in [6.07, 6.45) is 0. The van der Waals surface area contributed by atoms with Crippen LogP contribution in [0.5, 0.6) is 0 Å². The summed E-state index contributed by atoms with van der Waals surface area (Å²) in [5.41, 5.74) is 4.07. The average Bonchev–Trinajstić information content (AvgIpc) is 3.13. The summed E-state index contributed by atoms with van der Waals surface area (Å²) in [6.45, 7) is 3.98. The van der Waals surface area contributed by atoms with Crippen LogP contribution in [0.1, 0.15) is 12.5 Å². The number of hydrogen-bond acceptors (Lipinski definition) is 4. The Bertz CT molecular complexity index is 1150. The number of benzene rings is 3. The molecule has 0 bridgehead atoms. The van der Waals surface area contributed by atoms with Gasteiger partial charge in [-0.05, 0) is 80.1 Å². The molecule has 0 saturated heterocycles. The van der Waals surface area contributed by atoms with E-state index in [-0.39, 0.29) is 11.2 Å². The summed E-state index contributed by atoms with van der Waals surface area (Å²) >= 11 is 9.10. The SMILES string of the molecule is Cc1ccc2nc(-c3ccc(NC(=O)[C@@H](C)Sc4ccc(Cl)cc4)cc3)sc2c1. The van der Waals surface area contributed by atoms with Crippen molar-refractivity contribution in [3.63, 3.8) is 0 Å². The second kappa shape index (κ2) is 8.57. The van der Waals surface area contributed by atoms with E-state index >= 15 is 0 Å². The second-order valence-corrected chi connectivity index (χ2v) is 9.65. The molecule has 1 aromatic heterocycles. The fourth-order valence-corrected chi connectivity index (χ4v) is 4.93. The number of fused-ring (bicyclic) bond motifs is 1. The number of thiazole rings is 1. The zero-order valence-corrected chi connectivity index (χ0v) is 18.4. The quantitative estimate of drug-likeness (QED) is 0.339. The van der Waals surface area contributed by atoms with Crippen LogP contribution >= 0.6 is 34.7 Å². The Kier molecular flexibility index (Phi) is 5.90. The van der Waals surface area contributed by atoms with Gasteiger partial charge in [0.15, 0.2) is 0 Å². The molecule has 29 heavy (non-hydrogen) atoms. The Labute approximate surface area is 183 Å². The zero-order valence-electron chi connectivity index (χ0n) is 16.0. The van der Waals surface area contributed by atoms with E-state index < -0.39 is 0 Å². The Morgan fingerprint density at radius 1 is 1.07 bits per heavy atom. The first-order valence-corrected chi connectivity index (χ1v) is 11.3. The van der Waals surface area contributed by atoms with Crippen LogP contribution in [0.25, 0.3) is 20.8 Å². The van der Waals surface area contributed by atoms with Gasteiger partial charge in [0.05, 0.1) is 15.5 Å². The highest BCUT2D eigenvalue weighted by atomic mass is 35.5. The van der Waals surface area contributed by atoms with Gasteiger partial charge in [-0.25, -0.2) is 4.98 Å². The van der Waals surface area contributed by atoms with E-state index in [4.69, 9.17) is 16.6 Å². The Morgan fingerprint density at radius 3 is 2.52 bits per heavy atom. The van der Waals surface area contributed by atoms with E-state index in [1.165, 1.54) is 22.0 Å². The predicted octanol–water partition coefficient (Wildman–Crippen LogP) is 7.04. The number of nitrogens with one attached hydrogen (secondary N) is 1. The number of anilines is 1. The minimum Gasteiger partial charge on any atom is -0.325 e. The summed E-state index contributed by atoms with van der Waals surface area (Å²) in [6, 6.07) is 21.6. The third-order valence-corrected chi connectivity index (χ3v) is 6.87. The Morgan fingerprint density at radius 2 is 1.79 bits per heavy atom. The smallest absolute Gasteiger partial charge is 0.237 e.